The Labute approximate surface area is 143 Å². The van der Waals surface area contributed by atoms with Crippen LogP contribution < -0.4 is 15.0 Å². The molecule has 1 aromatic rings. The molecule has 5 nitrogen and oxygen atoms in total. The summed E-state index contributed by atoms with van der Waals surface area (Å²) in [5, 5.41) is 2.99. The van der Waals surface area contributed by atoms with Crippen molar-refractivity contribution < 1.29 is 9.53 Å². The molecule has 0 bridgehead atoms. The van der Waals surface area contributed by atoms with Crippen LogP contribution in [0.5, 0.6) is 5.75 Å². The van der Waals surface area contributed by atoms with E-state index in [9.17, 15) is 4.79 Å². The molecule has 128 valence electrons. The van der Waals surface area contributed by atoms with Crippen molar-refractivity contribution in [3.63, 3.8) is 0 Å². The quantitative estimate of drug-likeness (QED) is 0.839. The molecule has 0 saturated carbocycles. The van der Waals surface area contributed by atoms with Crippen molar-refractivity contribution in [2.24, 2.45) is 0 Å². The lowest BCUT2D eigenvalue weighted by Crippen LogP contribution is -2.62. The molecular formula is C17H27N3O2S. The predicted octanol–water partition coefficient (Wildman–Crippen LogP) is 2.67. The van der Waals surface area contributed by atoms with Gasteiger partial charge in [-0.25, -0.2) is 4.79 Å². The molecule has 1 aliphatic rings. The van der Waals surface area contributed by atoms with Crippen molar-refractivity contribution in [2.45, 2.75) is 19.4 Å². The van der Waals surface area contributed by atoms with Crippen LogP contribution in [0.15, 0.2) is 24.3 Å². The fraction of sp³-hybridized carbons (Fsp3) is 0.588. The van der Waals surface area contributed by atoms with E-state index in [4.69, 9.17) is 4.74 Å². The Morgan fingerprint density at radius 3 is 2.83 bits per heavy atom. The predicted molar refractivity (Wildman–Crippen MR) is 97.8 cm³/mol. The molecule has 0 aliphatic carbocycles. The van der Waals surface area contributed by atoms with Crippen LogP contribution in [-0.4, -0.2) is 61.8 Å². The number of methoxy groups -OCH3 is 1. The van der Waals surface area contributed by atoms with Gasteiger partial charge in [0.15, 0.2) is 0 Å². The Morgan fingerprint density at radius 1 is 1.39 bits per heavy atom. The lowest BCUT2D eigenvalue weighted by atomic mass is 9.98. The third-order valence-electron chi connectivity index (χ3n) is 4.14. The number of amides is 2. The van der Waals surface area contributed by atoms with Gasteiger partial charge in [-0.2, -0.15) is 11.8 Å². The van der Waals surface area contributed by atoms with E-state index in [1.165, 1.54) is 0 Å². The van der Waals surface area contributed by atoms with Crippen LogP contribution in [-0.2, 0) is 0 Å². The molecule has 6 heteroatoms. The van der Waals surface area contributed by atoms with Crippen LogP contribution >= 0.6 is 11.8 Å². The molecular weight excluding hydrogens is 310 g/mol. The third-order valence-corrected chi connectivity index (χ3v) is 4.75. The summed E-state index contributed by atoms with van der Waals surface area (Å²) in [6.45, 7) is 7.31. The number of ether oxygens (including phenoxy) is 1. The Morgan fingerprint density at radius 2 is 2.17 bits per heavy atom. The van der Waals surface area contributed by atoms with E-state index in [1.54, 1.807) is 18.9 Å². The van der Waals surface area contributed by atoms with Crippen LogP contribution in [0, 0.1) is 0 Å². The number of nitrogens with one attached hydrogen (secondary N) is 1. The van der Waals surface area contributed by atoms with E-state index in [1.807, 2.05) is 23.3 Å². The van der Waals surface area contributed by atoms with Crippen molar-refractivity contribution in [3.8, 4) is 5.75 Å². The first kappa shape index (κ1) is 17.8. The SMILES string of the molecule is COc1cccc(N2CCN(C(=O)NCCSC)CC2(C)C)c1. The van der Waals surface area contributed by atoms with E-state index in [0.29, 0.717) is 6.54 Å². The van der Waals surface area contributed by atoms with Crippen molar-refractivity contribution in [3.05, 3.63) is 24.3 Å². The highest BCUT2D eigenvalue weighted by Gasteiger charge is 2.35. The highest BCUT2D eigenvalue weighted by molar-refractivity contribution is 7.98. The molecule has 23 heavy (non-hydrogen) atoms. The molecule has 0 aromatic heterocycles. The minimum Gasteiger partial charge on any atom is -0.497 e. The lowest BCUT2D eigenvalue weighted by molar-refractivity contribution is 0.170. The highest BCUT2D eigenvalue weighted by atomic mass is 32.2. The first-order chi connectivity index (χ1) is 11.0. The number of hydrogen-bond acceptors (Lipinski definition) is 4. The molecule has 1 heterocycles. The molecule has 0 radical (unpaired) electrons. The first-order valence-corrected chi connectivity index (χ1v) is 9.31. The van der Waals surface area contributed by atoms with Gasteiger partial charge < -0.3 is 19.9 Å². The van der Waals surface area contributed by atoms with Gasteiger partial charge in [0.05, 0.1) is 12.6 Å². The monoisotopic (exact) mass is 337 g/mol. The summed E-state index contributed by atoms with van der Waals surface area (Å²) in [5.41, 5.74) is 1.01. The van der Waals surface area contributed by atoms with Gasteiger partial charge in [-0.3, -0.25) is 0 Å². The lowest BCUT2D eigenvalue weighted by Gasteiger charge is -2.48. The summed E-state index contributed by atoms with van der Waals surface area (Å²) in [6, 6.07) is 8.14. The van der Waals surface area contributed by atoms with Gasteiger partial charge in [0.1, 0.15) is 5.75 Å². The zero-order chi connectivity index (χ0) is 16.9. The summed E-state index contributed by atoms with van der Waals surface area (Å²) in [4.78, 5) is 16.5. The number of piperazine rings is 1. The topological polar surface area (TPSA) is 44.8 Å². The minimum atomic E-state index is -0.124. The van der Waals surface area contributed by atoms with Crippen LogP contribution in [0.1, 0.15) is 13.8 Å². The number of carbonyl (C=O) groups is 1. The highest BCUT2D eigenvalue weighted by Crippen LogP contribution is 2.30. The summed E-state index contributed by atoms with van der Waals surface area (Å²) in [6.07, 6.45) is 2.04. The fourth-order valence-electron chi connectivity index (χ4n) is 2.96. The molecule has 1 aliphatic heterocycles. The van der Waals surface area contributed by atoms with Gasteiger partial charge in [0.2, 0.25) is 0 Å². The molecule has 0 spiro atoms. The molecule has 1 N–H and O–H groups in total. The second-order valence-electron chi connectivity index (χ2n) is 6.31. The minimum absolute atomic E-state index is 0.0393. The van der Waals surface area contributed by atoms with E-state index >= 15 is 0 Å². The zero-order valence-corrected chi connectivity index (χ0v) is 15.3. The number of hydrogen-bond donors (Lipinski definition) is 1. The van der Waals surface area contributed by atoms with Crippen molar-refractivity contribution in [2.75, 3.05) is 50.2 Å². The number of carbonyl (C=O) groups excluding carboxylic acids is 1. The molecule has 2 rings (SSSR count). The summed E-state index contributed by atoms with van der Waals surface area (Å²) in [7, 11) is 1.68. The second kappa shape index (κ2) is 7.81. The second-order valence-corrected chi connectivity index (χ2v) is 7.30. The Hall–Kier alpha value is -1.56. The Kier molecular flexibility index (Phi) is 6.04. The summed E-state index contributed by atoms with van der Waals surface area (Å²) >= 11 is 1.74. The zero-order valence-electron chi connectivity index (χ0n) is 14.5. The van der Waals surface area contributed by atoms with Crippen LogP contribution in [0.3, 0.4) is 0 Å². The number of benzene rings is 1. The maximum atomic E-state index is 12.3. The number of anilines is 1. The normalized spacial score (nSPS) is 17.0. The summed E-state index contributed by atoms with van der Waals surface area (Å²) < 4.78 is 5.32. The Bertz CT molecular complexity index is 536. The van der Waals surface area contributed by atoms with E-state index < -0.39 is 0 Å². The Balaban J connectivity index is 2.03. The largest absolute Gasteiger partial charge is 0.497 e. The average Bonchev–Trinajstić information content (AvgIpc) is 2.54. The molecule has 0 unspecified atom stereocenters. The van der Waals surface area contributed by atoms with Crippen LogP contribution in [0.2, 0.25) is 0 Å². The van der Waals surface area contributed by atoms with Crippen molar-refractivity contribution >= 4 is 23.5 Å². The summed E-state index contributed by atoms with van der Waals surface area (Å²) in [5.74, 6) is 1.80. The molecule has 1 aromatic carbocycles. The molecule has 0 atom stereocenters. The van der Waals surface area contributed by atoms with Gasteiger partial charge in [-0.05, 0) is 32.2 Å². The van der Waals surface area contributed by atoms with E-state index in [-0.39, 0.29) is 11.6 Å². The number of thioether (sulfide) groups is 1. The van der Waals surface area contributed by atoms with E-state index in [2.05, 4.69) is 36.2 Å². The number of nitrogens with zero attached hydrogens (tertiary/aromatic N) is 2. The smallest absolute Gasteiger partial charge is 0.317 e. The first-order valence-electron chi connectivity index (χ1n) is 7.91. The number of rotatable bonds is 5. The van der Waals surface area contributed by atoms with Crippen LogP contribution in [0.4, 0.5) is 10.5 Å². The molecule has 1 fully saturated rings. The molecule has 1 saturated heterocycles. The van der Waals surface area contributed by atoms with Crippen molar-refractivity contribution in [1.82, 2.24) is 10.2 Å². The van der Waals surface area contributed by atoms with Gasteiger partial charge in [-0.15, -0.1) is 0 Å². The average molecular weight is 337 g/mol. The van der Waals surface area contributed by atoms with Gasteiger partial charge >= 0.3 is 6.03 Å². The van der Waals surface area contributed by atoms with Gasteiger partial charge in [-0.1, -0.05) is 6.07 Å². The third kappa shape index (κ3) is 4.47. The van der Waals surface area contributed by atoms with Crippen molar-refractivity contribution in [1.29, 1.82) is 0 Å². The van der Waals surface area contributed by atoms with E-state index in [0.717, 1.165) is 36.8 Å². The van der Waals surface area contributed by atoms with Gasteiger partial charge in [0, 0.05) is 43.7 Å². The van der Waals surface area contributed by atoms with Gasteiger partial charge in [0.25, 0.3) is 0 Å². The maximum absolute atomic E-state index is 12.3. The standard InChI is InChI=1S/C17H27N3O2S/c1-17(2)13-19(16(21)18-8-11-23-4)9-10-20(17)14-6-5-7-15(12-14)22-3/h5-7,12H,8-11,13H2,1-4H3,(H,18,21). The molecule has 2 amide bonds. The van der Waals surface area contributed by atoms with Crippen LogP contribution in [0.25, 0.3) is 0 Å². The maximum Gasteiger partial charge on any atom is 0.317 e. The number of urea groups is 1. The fourth-order valence-corrected chi connectivity index (χ4v) is 3.26.